The second-order valence-corrected chi connectivity index (χ2v) is 8.93. The average molecular weight is 495 g/mol. The van der Waals surface area contributed by atoms with E-state index in [9.17, 15) is 0 Å². The Labute approximate surface area is 225 Å². The van der Waals surface area contributed by atoms with Crippen LogP contribution in [0.25, 0.3) is 65.3 Å². The van der Waals surface area contributed by atoms with E-state index in [1.165, 1.54) is 65.3 Å². The van der Waals surface area contributed by atoms with E-state index in [-0.39, 0.29) is 13.5 Å². The molecule has 0 aliphatic rings. The van der Waals surface area contributed by atoms with Crippen molar-refractivity contribution in [3.05, 3.63) is 133 Å². The van der Waals surface area contributed by atoms with E-state index < -0.39 is 0 Å². The number of fused-ring (bicyclic) bond motifs is 5. The summed E-state index contributed by atoms with van der Waals surface area (Å²) in [5.74, 6) is 0. The molecule has 0 heterocycles. The fourth-order valence-corrected chi connectivity index (χ4v) is 5.51. The molecule has 0 atom stereocenters. The third-order valence-electron chi connectivity index (χ3n) is 7.03. The molecule has 0 amide bonds. The zero-order valence-corrected chi connectivity index (χ0v) is 22.2. The summed E-state index contributed by atoms with van der Waals surface area (Å²) in [6.45, 7) is 4.00. The Morgan fingerprint density at radius 3 is 1.30 bits per heavy atom. The fraction of sp³-hybridized carbons (Fsp3) is 0.0556. The first-order chi connectivity index (χ1) is 17.9. The predicted octanol–water partition coefficient (Wildman–Crippen LogP) is 10.8. The highest BCUT2D eigenvalue weighted by Crippen LogP contribution is 2.44. The van der Waals surface area contributed by atoms with Gasteiger partial charge in [0.25, 0.3) is 0 Å². The molecule has 0 saturated carbocycles. The minimum absolute atomic E-state index is 0. The van der Waals surface area contributed by atoms with Gasteiger partial charge in [0.15, 0.2) is 0 Å². The third kappa shape index (κ3) is 4.16. The Balaban J connectivity index is 0.000000913. The maximum Gasteiger partial charge on any atom is -0.00261 e. The van der Waals surface area contributed by atoms with Crippen LogP contribution in [0.4, 0.5) is 0 Å². The second kappa shape index (κ2) is 10.5. The standard InChI is InChI=1S/C34H22.C2H6.H2S/c1-2-11-25(12-3-1)33-28-14-6-8-16-30(28)34(31-17-9-7-15-29(31)33)26-21-20-24-19-18-23-10-4-5-13-27(23)32(24)22-26;1-2;/h1-22H;1-2H3;1H2. The molecule has 0 unspecified atom stereocenters. The van der Waals surface area contributed by atoms with Gasteiger partial charge in [-0.2, -0.15) is 13.5 Å². The van der Waals surface area contributed by atoms with Gasteiger partial charge in [-0.3, -0.25) is 0 Å². The van der Waals surface area contributed by atoms with Crippen LogP contribution in [0, 0.1) is 0 Å². The van der Waals surface area contributed by atoms with E-state index in [4.69, 9.17) is 0 Å². The summed E-state index contributed by atoms with van der Waals surface area (Å²) < 4.78 is 0. The molecule has 0 aliphatic heterocycles. The highest BCUT2D eigenvalue weighted by molar-refractivity contribution is 7.59. The van der Waals surface area contributed by atoms with Crippen LogP contribution in [0.15, 0.2) is 133 Å². The number of rotatable bonds is 2. The van der Waals surface area contributed by atoms with E-state index in [2.05, 4.69) is 133 Å². The molecule has 0 aliphatic carbocycles. The Hall–Kier alpha value is -4.07. The summed E-state index contributed by atoms with van der Waals surface area (Å²) in [4.78, 5) is 0. The molecule has 0 fully saturated rings. The molecule has 0 aromatic heterocycles. The Morgan fingerprint density at radius 1 is 0.324 bits per heavy atom. The lowest BCUT2D eigenvalue weighted by molar-refractivity contribution is 1.50. The molecular weight excluding hydrogens is 464 g/mol. The maximum atomic E-state index is 2.38. The van der Waals surface area contributed by atoms with Crippen LogP contribution in [-0.4, -0.2) is 0 Å². The van der Waals surface area contributed by atoms with Crippen molar-refractivity contribution in [3.8, 4) is 22.3 Å². The molecule has 180 valence electrons. The van der Waals surface area contributed by atoms with Crippen LogP contribution >= 0.6 is 13.5 Å². The average Bonchev–Trinajstić information content (AvgIpc) is 2.97. The molecule has 37 heavy (non-hydrogen) atoms. The van der Waals surface area contributed by atoms with E-state index in [1.807, 2.05) is 13.8 Å². The van der Waals surface area contributed by atoms with Gasteiger partial charge in [0.05, 0.1) is 0 Å². The van der Waals surface area contributed by atoms with Gasteiger partial charge < -0.3 is 0 Å². The first-order valence-electron chi connectivity index (χ1n) is 12.8. The van der Waals surface area contributed by atoms with Crippen LogP contribution in [0.5, 0.6) is 0 Å². The van der Waals surface area contributed by atoms with Crippen LogP contribution in [0.1, 0.15) is 13.8 Å². The summed E-state index contributed by atoms with van der Waals surface area (Å²) in [5.41, 5.74) is 5.13. The zero-order valence-electron chi connectivity index (χ0n) is 21.2. The molecule has 7 aromatic rings. The summed E-state index contributed by atoms with van der Waals surface area (Å²) >= 11 is 0. The zero-order chi connectivity index (χ0) is 24.5. The Kier molecular flexibility index (Phi) is 6.99. The summed E-state index contributed by atoms with van der Waals surface area (Å²) in [7, 11) is 0. The van der Waals surface area contributed by atoms with Gasteiger partial charge >= 0.3 is 0 Å². The first kappa shape index (κ1) is 24.6. The van der Waals surface area contributed by atoms with Crippen molar-refractivity contribution in [1.29, 1.82) is 0 Å². The normalized spacial score (nSPS) is 10.8. The van der Waals surface area contributed by atoms with Gasteiger partial charge in [0, 0.05) is 0 Å². The summed E-state index contributed by atoms with van der Waals surface area (Å²) in [5, 5.41) is 10.3. The smallest absolute Gasteiger partial charge is 0.00261 e. The highest BCUT2D eigenvalue weighted by atomic mass is 32.1. The minimum Gasteiger partial charge on any atom is -0.197 e. The predicted molar refractivity (Wildman–Crippen MR) is 169 cm³/mol. The van der Waals surface area contributed by atoms with Crippen molar-refractivity contribution in [2.75, 3.05) is 0 Å². The van der Waals surface area contributed by atoms with Crippen molar-refractivity contribution in [2.24, 2.45) is 0 Å². The van der Waals surface area contributed by atoms with E-state index in [0.717, 1.165) is 0 Å². The largest absolute Gasteiger partial charge is 0.197 e. The lowest BCUT2D eigenvalue weighted by Gasteiger charge is -2.18. The van der Waals surface area contributed by atoms with Crippen molar-refractivity contribution in [1.82, 2.24) is 0 Å². The number of hydrogen-bond acceptors (Lipinski definition) is 0. The SMILES string of the molecule is CC.S.c1ccc(-c2c3ccccc3c(-c3ccc4ccc5ccccc5c4c3)c3ccccc23)cc1. The monoisotopic (exact) mass is 494 g/mol. The van der Waals surface area contributed by atoms with Gasteiger partial charge in [0.1, 0.15) is 0 Å². The van der Waals surface area contributed by atoms with E-state index in [1.54, 1.807) is 0 Å². The van der Waals surface area contributed by atoms with Crippen LogP contribution in [0.3, 0.4) is 0 Å². The van der Waals surface area contributed by atoms with Gasteiger partial charge in [-0.1, -0.05) is 141 Å². The molecule has 0 bridgehead atoms. The fourth-order valence-electron chi connectivity index (χ4n) is 5.51. The molecule has 7 aromatic carbocycles. The van der Waals surface area contributed by atoms with Gasteiger partial charge in [-0.25, -0.2) is 0 Å². The van der Waals surface area contributed by atoms with Crippen LogP contribution < -0.4 is 0 Å². The van der Waals surface area contributed by atoms with Crippen LogP contribution in [-0.2, 0) is 0 Å². The molecule has 0 spiro atoms. The first-order valence-corrected chi connectivity index (χ1v) is 12.8. The quantitative estimate of drug-likeness (QED) is 0.166. The molecular formula is C36H30S. The molecule has 0 saturated heterocycles. The van der Waals surface area contributed by atoms with Crippen molar-refractivity contribution in [2.45, 2.75) is 13.8 Å². The molecule has 1 heteroatoms. The third-order valence-corrected chi connectivity index (χ3v) is 7.03. The van der Waals surface area contributed by atoms with E-state index in [0.29, 0.717) is 0 Å². The number of hydrogen-bond donors (Lipinski definition) is 0. The summed E-state index contributed by atoms with van der Waals surface area (Å²) in [6, 6.07) is 48.5. The van der Waals surface area contributed by atoms with Crippen molar-refractivity contribution in [3.63, 3.8) is 0 Å². The second-order valence-electron chi connectivity index (χ2n) is 8.93. The van der Waals surface area contributed by atoms with Crippen LogP contribution in [0.2, 0.25) is 0 Å². The van der Waals surface area contributed by atoms with Crippen molar-refractivity contribution < 1.29 is 0 Å². The number of benzene rings is 7. The molecule has 0 radical (unpaired) electrons. The Bertz CT molecular complexity index is 1790. The van der Waals surface area contributed by atoms with Gasteiger partial charge in [-0.15, -0.1) is 0 Å². The molecule has 7 rings (SSSR count). The van der Waals surface area contributed by atoms with Crippen molar-refractivity contribution >= 4 is 56.6 Å². The topological polar surface area (TPSA) is 0 Å². The molecule has 0 N–H and O–H groups in total. The molecule has 0 nitrogen and oxygen atoms in total. The Morgan fingerprint density at radius 2 is 0.730 bits per heavy atom. The minimum atomic E-state index is 0. The highest BCUT2D eigenvalue weighted by Gasteiger charge is 2.16. The lowest BCUT2D eigenvalue weighted by Crippen LogP contribution is -1.91. The van der Waals surface area contributed by atoms with E-state index >= 15 is 0 Å². The summed E-state index contributed by atoms with van der Waals surface area (Å²) in [6.07, 6.45) is 0. The lowest BCUT2D eigenvalue weighted by atomic mass is 9.85. The maximum absolute atomic E-state index is 2.38. The van der Waals surface area contributed by atoms with Gasteiger partial charge in [0.2, 0.25) is 0 Å². The van der Waals surface area contributed by atoms with Gasteiger partial charge in [-0.05, 0) is 71.4 Å².